The maximum atomic E-state index is 9.73. The molecule has 1 saturated carbocycles. The molecule has 1 aliphatic heterocycles. The monoisotopic (exact) mass is 201 g/mol. The van der Waals surface area contributed by atoms with Crippen LogP contribution >= 0.6 is 0 Å². The molecule has 0 amide bonds. The number of aliphatic hydroxyl groups is 2. The molecule has 1 heterocycles. The Labute approximate surface area is 84.3 Å². The van der Waals surface area contributed by atoms with Gasteiger partial charge in [-0.15, -0.1) is 0 Å². The van der Waals surface area contributed by atoms with Crippen molar-refractivity contribution in [2.24, 2.45) is 0 Å². The number of aliphatic hydroxyl groups excluding tert-OH is 2. The van der Waals surface area contributed by atoms with Gasteiger partial charge in [0.15, 0.2) is 0 Å². The van der Waals surface area contributed by atoms with Crippen LogP contribution < -0.4 is 5.32 Å². The first-order valence-electron chi connectivity index (χ1n) is 5.47. The zero-order valence-corrected chi connectivity index (χ0v) is 8.35. The van der Waals surface area contributed by atoms with Gasteiger partial charge in [-0.2, -0.15) is 0 Å². The Kier molecular flexibility index (Phi) is 3.38. The van der Waals surface area contributed by atoms with Crippen molar-refractivity contribution in [3.63, 3.8) is 0 Å². The van der Waals surface area contributed by atoms with Crippen molar-refractivity contribution < 1.29 is 14.9 Å². The van der Waals surface area contributed by atoms with Crippen molar-refractivity contribution >= 4 is 0 Å². The molecule has 2 rings (SSSR count). The van der Waals surface area contributed by atoms with Crippen LogP contribution in [0.1, 0.15) is 25.7 Å². The lowest BCUT2D eigenvalue weighted by Gasteiger charge is -2.31. The predicted octanol–water partition coefficient (Wildman–Crippen LogP) is -0.361. The van der Waals surface area contributed by atoms with Gasteiger partial charge in [0, 0.05) is 6.04 Å². The van der Waals surface area contributed by atoms with Crippen LogP contribution in [-0.2, 0) is 4.74 Å². The fraction of sp³-hybridized carbons (Fsp3) is 1.00. The molecule has 0 radical (unpaired) electrons. The Hall–Kier alpha value is -0.160. The largest absolute Gasteiger partial charge is 0.392 e. The van der Waals surface area contributed by atoms with Gasteiger partial charge in [-0.1, -0.05) is 12.8 Å². The van der Waals surface area contributed by atoms with Gasteiger partial charge in [0.2, 0.25) is 0 Å². The molecule has 14 heavy (non-hydrogen) atoms. The summed E-state index contributed by atoms with van der Waals surface area (Å²) in [6.45, 7) is 0.977. The molecule has 3 N–H and O–H groups in total. The smallest absolute Gasteiger partial charge is 0.0948 e. The molecule has 4 heteroatoms. The molecule has 4 nitrogen and oxygen atoms in total. The minimum absolute atomic E-state index is 0.00718. The van der Waals surface area contributed by atoms with E-state index in [0.29, 0.717) is 13.2 Å². The summed E-state index contributed by atoms with van der Waals surface area (Å²) in [4.78, 5) is 0. The highest BCUT2D eigenvalue weighted by molar-refractivity contribution is 4.88. The zero-order valence-electron chi connectivity index (χ0n) is 8.35. The van der Waals surface area contributed by atoms with Crippen LogP contribution in [0, 0.1) is 0 Å². The van der Waals surface area contributed by atoms with Gasteiger partial charge in [-0.25, -0.2) is 0 Å². The summed E-state index contributed by atoms with van der Waals surface area (Å²) < 4.78 is 5.15. The standard InChI is InChI=1S/C10H19NO3/c12-9-4-2-1-3-7(9)11-8-5-14-6-10(8)13/h7-13H,1-6H2/t7-,8-,9-,10-/m1/s1. The first-order chi connectivity index (χ1) is 6.77. The summed E-state index contributed by atoms with van der Waals surface area (Å²) in [5.41, 5.74) is 0. The maximum absolute atomic E-state index is 9.73. The van der Waals surface area contributed by atoms with E-state index >= 15 is 0 Å². The lowest BCUT2D eigenvalue weighted by Crippen LogP contribution is -2.50. The second kappa shape index (κ2) is 4.57. The normalized spacial score (nSPS) is 44.1. The first-order valence-corrected chi connectivity index (χ1v) is 5.47. The second-order valence-corrected chi connectivity index (χ2v) is 4.34. The molecule has 0 bridgehead atoms. The van der Waals surface area contributed by atoms with Crippen LogP contribution in [0.15, 0.2) is 0 Å². The molecule has 82 valence electrons. The average Bonchev–Trinajstić information content (AvgIpc) is 2.56. The molecular formula is C10H19NO3. The minimum atomic E-state index is -0.413. The number of hydrogen-bond donors (Lipinski definition) is 3. The minimum Gasteiger partial charge on any atom is -0.392 e. The summed E-state index contributed by atoms with van der Waals surface area (Å²) >= 11 is 0. The number of ether oxygens (including phenoxy) is 1. The molecule has 0 spiro atoms. The summed E-state index contributed by atoms with van der Waals surface area (Å²) in [5.74, 6) is 0. The zero-order chi connectivity index (χ0) is 9.97. The number of rotatable bonds is 2. The molecule has 0 unspecified atom stereocenters. The van der Waals surface area contributed by atoms with Crippen molar-refractivity contribution in [3.8, 4) is 0 Å². The molecule has 0 aromatic carbocycles. The van der Waals surface area contributed by atoms with Crippen molar-refractivity contribution in [1.29, 1.82) is 0 Å². The van der Waals surface area contributed by atoms with Crippen LogP contribution in [0.25, 0.3) is 0 Å². The first kappa shape index (κ1) is 10.4. The molecular weight excluding hydrogens is 182 g/mol. The Morgan fingerprint density at radius 3 is 2.36 bits per heavy atom. The van der Waals surface area contributed by atoms with Crippen LogP contribution in [0.4, 0.5) is 0 Å². The van der Waals surface area contributed by atoms with Crippen molar-refractivity contribution in [2.45, 2.75) is 50.0 Å². The lowest BCUT2D eigenvalue weighted by molar-refractivity contribution is 0.0713. The van der Waals surface area contributed by atoms with E-state index in [-0.39, 0.29) is 18.2 Å². The van der Waals surface area contributed by atoms with Crippen LogP contribution in [0.5, 0.6) is 0 Å². The van der Waals surface area contributed by atoms with Gasteiger partial charge in [0.25, 0.3) is 0 Å². The van der Waals surface area contributed by atoms with E-state index in [2.05, 4.69) is 5.32 Å². The highest BCUT2D eigenvalue weighted by atomic mass is 16.5. The molecule has 1 aliphatic carbocycles. The van der Waals surface area contributed by atoms with Gasteiger partial charge in [-0.05, 0) is 12.8 Å². The molecule has 2 fully saturated rings. The number of nitrogens with one attached hydrogen (secondary N) is 1. The third-order valence-electron chi connectivity index (χ3n) is 3.21. The Morgan fingerprint density at radius 1 is 0.929 bits per heavy atom. The highest BCUT2D eigenvalue weighted by Gasteiger charge is 2.31. The van der Waals surface area contributed by atoms with Crippen molar-refractivity contribution in [3.05, 3.63) is 0 Å². The van der Waals surface area contributed by atoms with E-state index < -0.39 is 6.10 Å². The van der Waals surface area contributed by atoms with Crippen molar-refractivity contribution in [1.82, 2.24) is 5.32 Å². The maximum Gasteiger partial charge on any atom is 0.0948 e. The van der Waals surface area contributed by atoms with Gasteiger partial charge < -0.3 is 20.3 Å². The summed E-state index contributed by atoms with van der Waals surface area (Å²) in [6, 6.07) is 0.151. The fourth-order valence-electron chi connectivity index (χ4n) is 2.28. The SMILES string of the molecule is O[C@@H]1CCCC[C@H]1N[C@@H]1COC[C@H]1O. The Bertz CT molecular complexity index is 188. The Balaban J connectivity index is 1.83. The molecule has 1 saturated heterocycles. The van der Waals surface area contributed by atoms with Gasteiger partial charge in [-0.3, -0.25) is 0 Å². The van der Waals surface area contributed by atoms with E-state index in [4.69, 9.17) is 4.74 Å². The van der Waals surface area contributed by atoms with Crippen LogP contribution in [-0.4, -0.2) is 47.7 Å². The third-order valence-corrected chi connectivity index (χ3v) is 3.21. The van der Waals surface area contributed by atoms with E-state index in [1.165, 1.54) is 6.42 Å². The third kappa shape index (κ3) is 2.25. The summed E-state index contributed by atoms with van der Waals surface area (Å²) in [5, 5.41) is 22.6. The predicted molar refractivity (Wildman–Crippen MR) is 52.0 cm³/mol. The quantitative estimate of drug-likeness (QED) is 0.571. The van der Waals surface area contributed by atoms with E-state index in [0.717, 1.165) is 19.3 Å². The van der Waals surface area contributed by atoms with Crippen LogP contribution in [0.2, 0.25) is 0 Å². The lowest BCUT2D eigenvalue weighted by atomic mass is 9.92. The highest BCUT2D eigenvalue weighted by Crippen LogP contribution is 2.20. The topological polar surface area (TPSA) is 61.7 Å². The van der Waals surface area contributed by atoms with Gasteiger partial charge >= 0.3 is 0 Å². The van der Waals surface area contributed by atoms with Gasteiger partial charge in [0.05, 0.1) is 31.5 Å². The average molecular weight is 201 g/mol. The second-order valence-electron chi connectivity index (χ2n) is 4.34. The van der Waals surface area contributed by atoms with E-state index in [1.807, 2.05) is 0 Å². The molecule has 0 aromatic heterocycles. The van der Waals surface area contributed by atoms with E-state index in [1.54, 1.807) is 0 Å². The molecule has 0 aromatic rings. The van der Waals surface area contributed by atoms with E-state index in [9.17, 15) is 10.2 Å². The summed E-state index contributed by atoms with van der Waals surface area (Å²) in [7, 11) is 0. The molecule has 2 aliphatic rings. The van der Waals surface area contributed by atoms with Crippen LogP contribution in [0.3, 0.4) is 0 Å². The fourth-order valence-corrected chi connectivity index (χ4v) is 2.28. The Morgan fingerprint density at radius 2 is 1.71 bits per heavy atom. The number of hydrogen-bond acceptors (Lipinski definition) is 4. The van der Waals surface area contributed by atoms with Gasteiger partial charge in [0.1, 0.15) is 0 Å². The van der Waals surface area contributed by atoms with Crippen molar-refractivity contribution in [2.75, 3.05) is 13.2 Å². The summed E-state index contributed by atoms with van der Waals surface area (Å²) in [6.07, 6.45) is 3.49. The molecule has 4 atom stereocenters.